The Hall–Kier alpha value is -2.31. The molecule has 0 aliphatic heterocycles. The highest BCUT2D eigenvalue weighted by molar-refractivity contribution is 7.99. The van der Waals surface area contributed by atoms with Gasteiger partial charge in [-0.15, -0.1) is 10.2 Å². The normalized spacial score (nSPS) is 22.4. The van der Waals surface area contributed by atoms with Crippen molar-refractivity contribution in [2.45, 2.75) is 50.4 Å². The van der Waals surface area contributed by atoms with Crippen molar-refractivity contribution in [3.05, 3.63) is 65.2 Å². The lowest BCUT2D eigenvalue weighted by Gasteiger charge is -2.28. The number of benzene rings is 2. The van der Waals surface area contributed by atoms with Crippen molar-refractivity contribution in [1.29, 1.82) is 0 Å². The van der Waals surface area contributed by atoms with Gasteiger partial charge in [-0.05, 0) is 73.8 Å². The Balaban J connectivity index is 1.28. The van der Waals surface area contributed by atoms with E-state index in [9.17, 15) is 4.79 Å². The minimum atomic E-state index is 0.0672. The molecule has 0 saturated heterocycles. The van der Waals surface area contributed by atoms with E-state index in [-0.39, 0.29) is 11.9 Å². The van der Waals surface area contributed by atoms with Gasteiger partial charge < -0.3 is 5.32 Å². The predicted molar refractivity (Wildman–Crippen MR) is 133 cm³/mol. The molecule has 172 valence electrons. The van der Waals surface area contributed by atoms with Gasteiger partial charge in [-0.3, -0.25) is 9.36 Å². The molecule has 1 N–H and O–H groups in total. The van der Waals surface area contributed by atoms with E-state index in [1.54, 1.807) is 0 Å². The van der Waals surface area contributed by atoms with Gasteiger partial charge in [-0.1, -0.05) is 60.1 Å². The molecule has 2 fully saturated rings. The van der Waals surface area contributed by atoms with Crippen LogP contribution in [0.3, 0.4) is 0 Å². The van der Waals surface area contributed by atoms with Crippen molar-refractivity contribution in [3.63, 3.8) is 0 Å². The molecule has 5 rings (SSSR count). The Bertz CT molecular complexity index is 1100. The monoisotopic (exact) mass is 480 g/mol. The number of hydrogen-bond acceptors (Lipinski definition) is 4. The average Bonchev–Trinajstić information content (AvgIpc) is 3.55. The number of nitrogens with zero attached hydrogens (tertiary/aromatic N) is 3. The standard InChI is InChI=1S/C26H29ClN4OS/c1-17(23-14-19-7-8-21(23)13-19)28-24(32)16-33-26-30-29-25(20-9-11-22(27)12-10-20)31(26)15-18-5-3-2-4-6-18/h2-6,9-12,17,19,21,23H,7-8,13-16H2,1H3,(H,28,32)/t17-,19-,21-,23-/m1/s1. The van der Waals surface area contributed by atoms with Crippen LogP contribution in [0.5, 0.6) is 0 Å². The SMILES string of the molecule is C[C@@H](NC(=O)CSc1nnc(-c2ccc(Cl)cc2)n1Cc1ccccc1)[C@H]1C[C@@H]2CC[C@@H]1C2. The third-order valence-corrected chi connectivity index (χ3v) is 8.38. The summed E-state index contributed by atoms with van der Waals surface area (Å²) in [5, 5.41) is 13.6. The highest BCUT2D eigenvalue weighted by Gasteiger charge is 2.42. The molecule has 2 bridgehead atoms. The molecule has 7 heteroatoms. The minimum absolute atomic E-state index is 0.0672. The first-order valence-corrected chi connectivity index (χ1v) is 13.1. The summed E-state index contributed by atoms with van der Waals surface area (Å²) in [6.07, 6.45) is 5.34. The number of halogens is 1. The zero-order chi connectivity index (χ0) is 22.8. The number of hydrogen-bond donors (Lipinski definition) is 1. The quantitative estimate of drug-likeness (QED) is 0.421. The van der Waals surface area contributed by atoms with E-state index in [0.29, 0.717) is 23.2 Å². The highest BCUT2D eigenvalue weighted by atomic mass is 35.5. The number of fused-ring (bicyclic) bond motifs is 2. The molecular formula is C26H29ClN4OS. The van der Waals surface area contributed by atoms with Crippen LogP contribution < -0.4 is 5.32 Å². The topological polar surface area (TPSA) is 59.8 Å². The molecule has 0 spiro atoms. The summed E-state index contributed by atoms with van der Waals surface area (Å²) < 4.78 is 2.08. The van der Waals surface area contributed by atoms with Crippen LogP contribution in [-0.2, 0) is 11.3 Å². The molecule has 0 radical (unpaired) electrons. The summed E-state index contributed by atoms with van der Waals surface area (Å²) in [6, 6.07) is 18.1. The zero-order valence-electron chi connectivity index (χ0n) is 18.8. The van der Waals surface area contributed by atoms with Gasteiger partial charge in [0.05, 0.1) is 12.3 Å². The Morgan fingerprint density at radius 3 is 2.61 bits per heavy atom. The third kappa shape index (κ3) is 5.12. The second-order valence-electron chi connectivity index (χ2n) is 9.37. The maximum absolute atomic E-state index is 12.8. The first kappa shape index (κ1) is 22.5. The van der Waals surface area contributed by atoms with Crippen molar-refractivity contribution in [2.24, 2.45) is 17.8 Å². The summed E-state index contributed by atoms with van der Waals surface area (Å²) in [4.78, 5) is 12.8. The molecule has 2 aromatic carbocycles. The Morgan fingerprint density at radius 1 is 1.12 bits per heavy atom. The van der Waals surface area contributed by atoms with Crippen LogP contribution in [0.1, 0.15) is 38.2 Å². The third-order valence-electron chi connectivity index (χ3n) is 7.16. The van der Waals surface area contributed by atoms with Gasteiger partial charge in [0.25, 0.3) is 0 Å². The summed E-state index contributed by atoms with van der Waals surface area (Å²) in [7, 11) is 0. The van der Waals surface area contributed by atoms with E-state index in [1.165, 1.54) is 37.4 Å². The van der Waals surface area contributed by atoms with E-state index in [0.717, 1.165) is 33.9 Å². The van der Waals surface area contributed by atoms with E-state index >= 15 is 0 Å². The van der Waals surface area contributed by atoms with Crippen LogP contribution in [-0.4, -0.2) is 32.5 Å². The molecule has 3 aromatic rings. The van der Waals surface area contributed by atoms with Gasteiger partial charge >= 0.3 is 0 Å². The van der Waals surface area contributed by atoms with Crippen LogP contribution in [0, 0.1) is 17.8 Å². The predicted octanol–water partition coefficient (Wildman–Crippen LogP) is 5.68. The second kappa shape index (κ2) is 9.90. The second-order valence-corrected chi connectivity index (χ2v) is 10.7. The highest BCUT2D eigenvalue weighted by Crippen LogP contribution is 2.49. The van der Waals surface area contributed by atoms with Gasteiger partial charge in [0.2, 0.25) is 5.91 Å². The summed E-state index contributed by atoms with van der Waals surface area (Å²) >= 11 is 7.52. The van der Waals surface area contributed by atoms with E-state index in [2.05, 4.69) is 39.1 Å². The first-order valence-electron chi connectivity index (χ1n) is 11.7. The molecule has 5 nitrogen and oxygen atoms in total. The maximum atomic E-state index is 12.8. The number of thioether (sulfide) groups is 1. The lowest BCUT2D eigenvalue weighted by molar-refractivity contribution is -0.119. The number of nitrogens with one attached hydrogen (secondary N) is 1. The number of carbonyl (C=O) groups is 1. The summed E-state index contributed by atoms with van der Waals surface area (Å²) in [6.45, 7) is 2.81. The van der Waals surface area contributed by atoms with Crippen LogP contribution in [0.2, 0.25) is 5.02 Å². The fraction of sp³-hybridized carbons (Fsp3) is 0.423. The van der Waals surface area contributed by atoms with E-state index in [4.69, 9.17) is 11.6 Å². The Morgan fingerprint density at radius 2 is 1.91 bits per heavy atom. The zero-order valence-corrected chi connectivity index (χ0v) is 20.4. The summed E-state index contributed by atoms with van der Waals surface area (Å²) in [5.74, 6) is 3.49. The van der Waals surface area contributed by atoms with Gasteiger partial charge in [-0.2, -0.15) is 0 Å². The molecule has 4 atom stereocenters. The van der Waals surface area contributed by atoms with Crippen molar-refractivity contribution < 1.29 is 4.79 Å². The Kier molecular flexibility index (Phi) is 6.74. The molecule has 1 amide bonds. The molecule has 2 aliphatic carbocycles. The van der Waals surface area contributed by atoms with E-state index < -0.39 is 0 Å². The molecule has 1 heterocycles. The fourth-order valence-corrected chi connectivity index (χ4v) is 6.43. The van der Waals surface area contributed by atoms with Crippen LogP contribution in [0.4, 0.5) is 0 Å². The number of carbonyl (C=O) groups excluding carboxylic acids is 1. The van der Waals surface area contributed by atoms with Crippen LogP contribution in [0.25, 0.3) is 11.4 Å². The van der Waals surface area contributed by atoms with Crippen molar-refractivity contribution in [2.75, 3.05) is 5.75 Å². The van der Waals surface area contributed by atoms with Gasteiger partial charge in [0, 0.05) is 16.6 Å². The average molecular weight is 481 g/mol. The van der Waals surface area contributed by atoms with Gasteiger partial charge in [0.1, 0.15) is 0 Å². The molecule has 33 heavy (non-hydrogen) atoms. The van der Waals surface area contributed by atoms with Gasteiger partial charge in [-0.25, -0.2) is 0 Å². The number of rotatable bonds is 8. The lowest BCUT2D eigenvalue weighted by atomic mass is 9.84. The van der Waals surface area contributed by atoms with Crippen LogP contribution in [0.15, 0.2) is 59.8 Å². The lowest BCUT2D eigenvalue weighted by Crippen LogP contribution is -2.40. The molecule has 0 unspecified atom stereocenters. The molecule has 1 aromatic heterocycles. The molecule has 2 saturated carbocycles. The molecule has 2 aliphatic rings. The smallest absolute Gasteiger partial charge is 0.230 e. The number of amides is 1. The van der Waals surface area contributed by atoms with Crippen molar-refractivity contribution in [1.82, 2.24) is 20.1 Å². The van der Waals surface area contributed by atoms with E-state index in [1.807, 2.05) is 42.5 Å². The summed E-state index contributed by atoms with van der Waals surface area (Å²) in [5.41, 5.74) is 2.10. The van der Waals surface area contributed by atoms with Crippen molar-refractivity contribution >= 4 is 29.3 Å². The minimum Gasteiger partial charge on any atom is -0.353 e. The fourth-order valence-electron chi connectivity index (χ4n) is 5.56. The van der Waals surface area contributed by atoms with Gasteiger partial charge in [0.15, 0.2) is 11.0 Å². The molecular weight excluding hydrogens is 452 g/mol. The maximum Gasteiger partial charge on any atom is 0.230 e. The first-order chi connectivity index (χ1) is 16.1. The Labute approximate surface area is 204 Å². The van der Waals surface area contributed by atoms with Crippen LogP contribution >= 0.6 is 23.4 Å². The number of aromatic nitrogens is 3. The van der Waals surface area contributed by atoms with Crippen molar-refractivity contribution in [3.8, 4) is 11.4 Å². The largest absolute Gasteiger partial charge is 0.353 e.